The van der Waals surface area contributed by atoms with Crippen molar-refractivity contribution in [3.8, 4) is 0 Å². The van der Waals surface area contributed by atoms with E-state index >= 15 is 0 Å². The van der Waals surface area contributed by atoms with Crippen LogP contribution in [0, 0.1) is 10.1 Å². The maximum absolute atomic E-state index is 12.1. The number of benzene rings is 1. The fourth-order valence-electron chi connectivity index (χ4n) is 1.99. The quantitative estimate of drug-likeness (QED) is 0.502. The van der Waals surface area contributed by atoms with Crippen molar-refractivity contribution in [3.63, 3.8) is 0 Å². The summed E-state index contributed by atoms with van der Waals surface area (Å²) in [6.07, 6.45) is 4.15. The molecule has 2 rings (SSSR count). The number of allylic oxidation sites excluding steroid dienone is 2. The summed E-state index contributed by atoms with van der Waals surface area (Å²) in [4.78, 5) is 33.8. The molecule has 1 N–H and O–H groups in total. The van der Waals surface area contributed by atoms with Crippen LogP contribution in [-0.2, 0) is 14.3 Å². The highest BCUT2D eigenvalue weighted by Crippen LogP contribution is 2.24. The number of rotatable bonds is 4. The molecule has 0 unspecified atom stereocenters. The van der Waals surface area contributed by atoms with Gasteiger partial charge in [-0.2, -0.15) is 0 Å². The molecule has 120 valence electrons. The molecule has 0 spiro atoms. The molecule has 0 bridgehead atoms. The number of aliphatic hydroxyl groups is 1. The largest absolute Gasteiger partial charge is 0.467 e. The molecule has 0 aromatic heterocycles. The molecule has 0 aliphatic heterocycles. The standard InChI is InChI=1S/C15H13NO7/c1-22-14(18)15(19)9-3-2-4-12(15)23-13(17)10-5-7-11(8-6-10)16(20)21/h2-9,12,19H,1H3/t12-,15+/m1/s1. The molecule has 0 saturated carbocycles. The molecule has 1 aromatic rings. The molecule has 1 aromatic carbocycles. The van der Waals surface area contributed by atoms with Crippen LogP contribution in [0.4, 0.5) is 5.69 Å². The number of nitrogens with zero attached hydrogens (tertiary/aromatic N) is 1. The van der Waals surface area contributed by atoms with E-state index in [1.165, 1.54) is 30.4 Å². The molecule has 0 radical (unpaired) electrons. The fourth-order valence-corrected chi connectivity index (χ4v) is 1.99. The molecule has 1 aliphatic rings. The maximum atomic E-state index is 12.1. The zero-order valence-electron chi connectivity index (χ0n) is 12.0. The van der Waals surface area contributed by atoms with Gasteiger partial charge in [0, 0.05) is 12.1 Å². The van der Waals surface area contributed by atoms with Crippen molar-refractivity contribution in [2.45, 2.75) is 11.7 Å². The zero-order chi connectivity index (χ0) is 17.0. The topological polar surface area (TPSA) is 116 Å². The lowest BCUT2D eigenvalue weighted by Gasteiger charge is -2.30. The van der Waals surface area contributed by atoms with Crippen LogP contribution in [-0.4, -0.2) is 40.8 Å². The van der Waals surface area contributed by atoms with E-state index in [-0.39, 0.29) is 11.3 Å². The van der Waals surface area contributed by atoms with Gasteiger partial charge in [0.05, 0.1) is 17.6 Å². The Morgan fingerprint density at radius 2 is 1.91 bits per heavy atom. The second kappa shape index (κ2) is 6.41. The summed E-state index contributed by atoms with van der Waals surface area (Å²) in [7, 11) is 1.10. The van der Waals surface area contributed by atoms with Crippen molar-refractivity contribution in [2.75, 3.05) is 7.11 Å². The molecule has 0 heterocycles. The number of esters is 2. The molecule has 1 aliphatic carbocycles. The summed E-state index contributed by atoms with van der Waals surface area (Å²) >= 11 is 0. The van der Waals surface area contributed by atoms with E-state index in [0.717, 1.165) is 25.3 Å². The van der Waals surface area contributed by atoms with Crippen molar-refractivity contribution in [1.82, 2.24) is 0 Å². The Bertz CT molecular complexity index is 692. The van der Waals surface area contributed by atoms with E-state index in [1.54, 1.807) is 0 Å². The number of hydrogen-bond donors (Lipinski definition) is 1. The highest BCUT2D eigenvalue weighted by Gasteiger charge is 2.45. The minimum atomic E-state index is -2.13. The second-order valence-corrected chi connectivity index (χ2v) is 4.69. The zero-order valence-corrected chi connectivity index (χ0v) is 12.0. The SMILES string of the molecule is COC(=O)[C@]1(O)C=CC=C[C@H]1OC(=O)c1ccc([N+](=O)[O-])cc1. The van der Waals surface area contributed by atoms with Gasteiger partial charge in [-0.1, -0.05) is 12.2 Å². The number of methoxy groups -OCH3 is 1. The highest BCUT2D eigenvalue weighted by atomic mass is 16.6. The molecule has 8 heteroatoms. The fraction of sp³-hybridized carbons (Fsp3) is 0.200. The van der Waals surface area contributed by atoms with E-state index in [0.29, 0.717) is 0 Å². The van der Waals surface area contributed by atoms with E-state index in [2.05, 4.69) is 4.74 Å². The first-order valence-electron chi connectivity index (χ1n) is 6.50. The second-order valence-electron chi connectivity index (χ2n) is 4.69. The molecular weight excluding hydrogens is 306 g/mol. The lowest BCUT2D eigenvalue weighted by molar-refractivity contribution is -0.384. The number of carbonyl (C=O) groups is 2. The summed E-state index contributed by atoms with van der Waals surface area (Å²) in [5.74, 6) is -1.81. The lowest BCUT2D eigenvalue weighted by Crippen LogP contribution is -2.50. The van der Waals surface area contributed by atoms with Gasteiger partial charge >= 0.3 is 11.9 Å². The third-order valence-corrected chi connectivity index (χ3v) is 3.24. The van der Waals surface area contributed by atoms with Crippen molar-refractivity contribution < 1.29 is 29.1 Å². The Morgan fingerprint density at radius 1 is 1.26 bits per heavy atom. The van der Waals surface area contributed by atoms with Crippen LogP contribution >= 0.6 is 0 Å². The Balaban J connectivity index is 2.18. The third-order valence-electron chi connectivity index (χ3n) is 3.24. The predicted octanol–water partition coefficient (Wildman–Crippen LogP) is 1.15. The van der Waals surface area contributed by atoms with Crippen LogP contribution in [0.15, 0.2) is 48.6 Å². The smallest absolute Gasteiger partial charge is 0.346 e. The first-order chi connectivity index (χ1) is 10.9. The molecule has 0 saturated heterocycles. The Kier molecular flexibility index (Phi) is 4.56. The number of carbonyl (C=O) groups excluding carboxylic acids is 2. The summed E-state index contributed by atoms with van der Waals surface area (Å²) in [5, 5.41) is 20.9. The van der Waals surface area contributed by atoms with E-state index in [4.69, 9.17) is 4.74 Å². The minimum absolute atomic E-state index is 0.0470. The summed E-state index contributed by atoms with van der Waals surface area (Å²) in [6.45, 7) is 0. The van der Waals surface area contributed by atoms with E-state index < -0.39 is 28.6 Å². The maximum Gasteiger partial charge on any atom is 0.346 e. The number of nitro groups is 1. The van der Waals surface area contributed by atoms with Crippen LogP contribution in [0.2, 0.25) is 0 Å². The number of non-ortho nitro benzene ring substituents is 1. The first kappa shape index (κ1) is 16.4. The normalized spacial score (nSPS) is 22.4. The highest BCUT2D eigenvalue weighted by molar-refractivity contribution is 5.91. The van der Waals surface area contributed by atoms with E-state index in [1.807, 2.05) is 0 Å². The lowest BCUT2D eigenvalue weighted by atomic mass is 9.92. The van der Waals surface area contributed by atoms with Crippen molar-refractivity contribution in [3.05, 3.63) is 64.2 Å². The van der Waals surface area contributed by atoms with Gasteiger partial charge in [-0.25, -0.2) is 9.59 Å². The van der Waals surface area contributed by atoms with Crippen LogP contribution < -0.4 is 0 Å². The van der Waals surface area contributed by atoms with Crippen LogP contribution in [0.25, 0.3) is 0 Å². The van der Waals surface area contributed by atoms with Crippen molar-refractivity contribution in [2.24, 2.45) is 0 Å². The predicted molar refractivity (Wildman–Crippen MR) is 77.5 cm³/mol. The van der Waals surface area contributed by atoms with Gasteiger partial charge in [0.15, 0.2) is 6.10 Å². The van der Waals surface area contributed by atoms with E-state index in [9.17, 15) is 24.8 Å². The van der Waals surface area contributed by atoms with Gasteiger partial charge in [0.1, 0.15) is 0 Å². The molecular formula is C15H13NO7. The number of hydrogen-bond acceptors (Lipinski definition) is 7. The Morgan fingerprint density at radius 3 is 2.48 bits per heavy atom. The average Bonchev–Trinajstić information content (AvgIpc) is 2.56. The van der Waals surface area contributed by atoms with Crippen LogP contribution in [0.1, 0.15) is 10.4 Å². The summed E-state index contributed by atoms with van der Waals surface area (Å²) in [6, 6.07) is 4.75. The molecule has 8 nitrogen and oxygen atoms in total. The Labute approximate surface area is 130 Å². The monoisotopic (exact) mass is 319 g/mol. The molecule has 0 fully saturated rings. The number of nitro benzene ring substituents is 1. The van der Waals surface area contributed by atoms with Crippen LogP contribution in [0.5, 0.6) is 0 Å². The summed E-state index contributed by atoms with van der Waals surface area (Å²) in [5.41, 5.74) is -2.25. The first-order valence-corrected chi connectivity index (χ1v) is 6.50. The van der Waals surface area contributed by atoms with Gasteiger partial charge in [-0.3, -0.25) is 10.1 Å². The van der Waals surface area contributed by atoms with Gasteiger partial charge in [0.2, 0.25) is 5.60 Å². The van der Waals surface area contributed by atoms with Gasteiger partial charge in [-0.05, 0) is 24.3 Å². The minimum Gasteiger partial charge on any atom is -0.467 e. The molecule has 0 amide bonds. The van der Waals surface area contributed by atoms with Crippen LogP contribution in [0.3, 0.4) is 0 Å². The van der Waals surface area contributed by atoms with Crippen molar-refractivity contribution in [1.29, 1.82) is 0 Å². The average molecular weight is 319 g/mol. The third kappa shape index (κ3) is 3.27. The van der Waals surface area contributed by atoms with Gasteiger partial charge in [-0.15, -0.1) is 0 Å². The van der Waals surface area contributed by atoms with Gasteiger partial charge in [0.25, 0.3) is 5.69 Å². The van der Waals surface area contributed by atoms with Gasteiger partial charge < -0.3 is 14.6 Å². The Hall–Kier alpha value is -3.00. The summed E-state index contributed by atoms with van der Waals surface area (Å²) < 4.78 is 9.63. The molecule has 23 heavy (non-hydrogen) atoms. The van der Waals surface area contributed by atoms with Crippen molar-refractivity contribution >= 4 is 17.6 Å². The molecule has 2 atom stereocenters. The number of ether oxygens (including phenoxy) is 2.